The van der Waals surface area contributed by atoms with Crippen LogP contribution in [0.2, 0.25) is 5.02 Å². The molecule has 1 amide bonds. The number of carboxylic acid groups (broad SMARTS) is 1. The number of likely N-dealkylation sites (tertiary alicyclic amines) is 1. The lowest BCUT2D eigenvalue weighted by atomic mass is 10.0. The van der Waals surface area contributed by atoms with Gasteiger partial charge in [0.05, 0.1) is 5.02 Å². The number of carbonyl (C=O) groups is 2. The first kappa shape index (κ1) is 19.3. The molecule has 1 saturated carbocycles. The Balaban J connectivity index is 1.79. The van der Waals surface area contributed by atoms with Gasteiger partial charge in [0.25, 0.3) is 0 Å². The maximum Gasteiger partial charge on any atom is 0.403 e. The number of rotatable bonds is 4. The van der Waals surface area contributed by atoms with Crippen LogP contribution in [0, 0.1) is 11.2 Å². The highest BCUT2D eigenvalue weighted by Gasteiger charge is 2.70. The predicted molar refractivity (Wildman–Crippen MR) is 86.5 cm³/mol. The highest BCUT2D eigenvalue weighted by molar-refractivity contribution is 8.00. The van der Waals surface area contributed by atoms with Crippen LogP contribution in [0.15, 0.2) is 23.1 Å². The molecule has 0 bridgehead atoms. The van der Waals surface area contributed by atoms with E-state index < -0.39 is 40.6 Å². The van der Waals surface area contributed by atoms with E-state index in [1.807, 2.05) is 0 Å². The first-order chi connectivity index (χ1) is 12.0. The van der Waals surface area contributed by atoms with E-state index >= 15 is 0 Å². The normalized spacial score (nSPS) is 24.6. The third kappa shape index (κ3) is 3.38. The molecule has 3 rings (SSSR count). The fourth-order valence-electron chi connectivity index (χ4n) is 3.11. The van der Waals surface area contributed by atoms with Gasteiger partial charge in [-0.25, -0.2) is 9.18 Å². The molecular weight excluding hydrogens is 398 g/mol. The summed E-state index contributed by atoms with van der Waals surface area (Å²) in [4.78, 5) is 25.2. The maximum absolute atomic E-state index is 13.2. The largest absolute Gasteiger partial charge is 0.480 e. The number of aliphatic carboxylic acids is 1. The summed E-state index contributed by atoms with van der Waals surface area (Å²) in [6, 6.07) is 2.38. The molecule has 0 unspecified atom stereocenters. The molecule has 1 aromatic rings. The first-order valence-electron chi connectivity index (χ1n) is 7.77. The lowest BCUT2D eigenvalue weighted by molar-refractivity contribution is -0.199. The van der Waals surface area contributed by atoms with Crippen molar-refractivity contribution < 1.29 is 32.3 Å². The van der Waals surface area contributed by atoms with Crippen molar-refractivity contribution in [2.45, 2.75) is 41.6 Å². The van der Waals surface area contributed by atoms with Gasteiger partial charge in [0.1, 0.15) is 17.3 Å². The Labute approximate surface area is 155 Å². The smallest absolute Gasteiger partial charge is 0.403 e. The highest BCUT2D eigenvalue weighted by atomic mass is 35.5. The second-order valence-electron chi connectivity index (χ2n) is 6.44. The molecule has 142 valence electrons. The Morgan fingerprint density at radius 1 is 1.31 bits per heavy atom. The average molecular weight is 412 g/mol. The number of carboxylic acids is 1. The van der Waals surface area contributed by atoms with Gasteiger partial charge < -0.3 is 10.0 Å². The second kappa shape index (κ2) is 6.60. The van der Waals surface area contributed by atoms with E-state index in [9.17, 15) is 32.3 Å². The van der Waals surface area contributed by atoms with Crippen LogP contribution in [0.3, 0.4) is 0 Å². The molecule has 0 aromatic heterocycles. The molecule has 2 atom stereocenters. The Morgan fingerprint density at radius 3 is 2.46 bits per heavy atom. The Kier molecular flexibility index (Phi) is 4.89. The van der Waals surface area contributed by atoms with E-state index in [0.29, 0.717) is 4.90 Å². The summed E-state index contributed by atoms with van der Waals surface area (Å²) in [5, 5.41) is 9.01. The standard InChI is InChI=1S/C16H14ClF4NO3S/c17-10-5-8(18)1-2-12(10)26-9-6-11(13(23)24)22(7-9)14(25)15(3-4-15)16(19,20)21/h1-2,5,9,11H,3-4,6-7H2,(H,23,24)/t9-,11+/m1/s1. The minimum atomic E-state index is -4.70. The SMILES string of the molecule is O=C(O)[C@@H]1C[C@@H](Sc2ccc(F)cc2Cl)CN1C(=O)C1(C(F)(F)F)CC1. The molecule has 2 fully saturated rings. The van der Waals surface area contributed by atoms with Gasteiger partial charge in [0.2, 0.25) is 5.91 Å². The van der Waals surface area contributed by atoms with Crippen LogP contribution in [0.5, 0.6) is 0 Å². The minimum Gasteiger partial charge on any atom is -0.480 e. The minimum absolute atomic E-state index is 0.00657. The van der Waals surface area contributed by atoms with Crippen molar-refractivity contribution in [1.29, 1.82) is 0 Å². The lowest BCUT2D eigenvalue weighted by Crippen LogP contribution is -2.48. The van der Waals surface area contributed by atoms with Crippen molar-refractivity contribution in [3.63, 3.8) is 0 Å². The number of alkyl halides is 3. The van der Waals surface area contributed by atoms with Gasteiger partial charge in [-0.05, 0) is 37.5 Å². The van der Waals surface area contributed by atoms with Crippen LogP contribution in [0.4, 0.5) is 17.6 Å². The van der Waals surface area contributed by atoms with Crippen molar-refractivity contribution in [2.24, 2.45) is 5.41 Å². The molecule has 1 aromatic carbocycles. The fourth-order valence-corrected chi connectivity index (χ4v) is 4.60. The summed E-state index contributed by atoms with van der Waals surface area (Å²) < 4.78 is 52.7. The molecule has 10 heteroatoms. The van der Waals surface area contributed by atoms with E-state index in [2.05, 4.69) is 0 Å². The second-order valence-corrected chi connectivity index (χ2v) is 8.19. The summed E-state index contributed by atoms with van der Waals surface area (Å²) in [7, 11) is 0. The first-order valence-corrected chi connectivity index (χ1v) is 9.03. The number of hydrogen-bond donors (Lipinski definition) is 1. The topological polar surface area (TPSA) is 57.6 Å². The molecule has 4 nitrogen and oxygen atoms in total. The Hall–Kier alpha value is -1.48. The highest BCUT2D eigenvalue weighted by Crippen LogP contribution is 2.59. The summed E-state index contributed by atoms with van der Waals surface area (Å²) >= 11 is 7.07. The molecule has 2 aliphatic rings. The van der Waals surface area contributed by atoms with Crippen molar-refractivity contribution in [3.05, 3.63) is 29.0 Å². The summed E-state index contributed by atoms with van der Waals surface area (Å²) in [5.74, 6) is -3.05. The number of hydrogen-bond acceptors (Lipinski definition) is 3. The molecular formula is C16H14ClF4NO3S. The van der Waals surface area contributed by atoms with Crippen LogP contribution in [-0.2, 0) is 9.59 Å². The van der Waals surface area contributed by atoms with Gasteiger partial charge >= 0.3 is 12.1 Å². The number of benzene rings is 1. The molecule has 1 N–H and O–H groups in total. The molecule has 1 aliphatic heterocycles. The van der Waals surface area contributed by atoms with E-state index in [-0.39, 0.29) is 30.8 Å². The monoisotopic (exact) mass is 411 g/mol. The van der Waals surface area contributed by atoms with E-state index in [1.54, 1.807) is 0 Å². The van der Waals surface area contributed by atoms with Crippen LogP contribution in [0.25, 0.3) is 0 Å². The van der Waals surface area contributed by atoms with Gasteiger partial charge in [-0.1, -0.05) is 11.6 Å². The summed E-state index contributed by atoms with van der Waals surface area (Å²) in [5.41, 5.74) is -2.45. The van der Waals surface area contributed by atoms with Gasteiger partial charge in [-0.3, -0.25) is 4.79 Å². The maximum atomic E-state index is 13.2. The zero-order valence-corrected chi connectivity index (χ0v) is 14.8. The van der Waals surface area contributed by atoms with Crippen molar-refractivity contribution in [2.75, 3.05) is 6.54 Å². The molecule has 1 saturated heterocycles. The van der Waals surface area contributed by atoms with Crippen molar-refractivity contribution >= 4 is 35.2 Å². The predicted octanol–water partition coefficient (Wildman–Crippen LogP) is 3.97. The Bertz CT molecular complexity index is 754. The lowest BCUT2D eigenvalue weighted by Gasteiger charge is -2.28. The van der Waals surface area contributed by atoms with Gasteiger partial charge in [0.15, 0.2) is 0 Å². The summed E-state index contributed by atoms with van der Waals surface area (Å²) in [6.07, 6.45) is -5.34. The van der Waals surface area contributed by atoms with Crippen molar-refractivity contribution in [1.82, 2.24) is 4.90 Å². The van der Waals surface area contributed by atoms with Gasteiger partial charge in [-0.15, -0.1) is 11.8 Å². The molecule has 0 radical (unpaired) electrons. The molecule has 1 heterocycles. The number of amides is 1. The molecule has 1 aliphatic carbocycles. The zero-order chi connectivity index (χ0) is 19.3. The van der Waals surface area contributed by atoms with Crippen molar-refractivity contribution in [3.8, 4) is 0 Å². The quantitative estimate of drug-likeness (QED) is 0.762. The third-order valence-corrected chi connectivity index (χ3v) is 6.41. The van der Waals surface area contributed by atoms with Crippen LogP contribution in [-0.4, -0.2) is 45.9 Å². The van der Waals surface area contributed by atoms with E-state index in [0.717, 1.165) is 22.7 Å². The van der Waals surface area contributed by atoms with Gasteiger partial charge in [-0.2, -0.15) is 13.2 Å². The van der Waals surface area contributed by atoms with Crippen LogP contribution >= 0.6 is 23.4 Å². The number of nitrogens with zero attached hydrogens (tertiary/aromatic N) is 1. The number of thioether (sulfide) groups is 1. The number of halogens is 5. The van der Waals surface area contributed by atoms with Crippen LogP contribution in [0.1, 0.15) is 19.3 Å². The van der Waals surface area contributed by atoms with E-state index in [4.69, 9.17) is 11.6 Å². The zero-order valence-electron chi connectivity index (χ0n) is 13.2. The molecule has 0 spiro atoms. The summed E-state index contributed by atoms with van der Waals surface area (Å²) in [6.45, 7) is -0.133. The fraction of sp³-hybridized carbons (Fsp3) is 0.500. The van der Waals surface area contributed by atoms with Gasteiger partial charge in [0, 0.05) is 16.7 Å². The average Bonchev–Trinajstić information content (AvgIpc) is 3.24. The number of carbonyl (C=O) groups excluding carboxylic acids is 1. The van der Waals surface area contributed by atoms with Crippen LogP contribution < -0.4 is 0 Å². The third-order valence-electron chi connectivity index (χ3n) is 4.70. The molecule has 26 heavy (non-hydrogen) atoms. The van der Waals surface area contributed by atoms with E-state index in [1.165, 1.54) is 12.1 Å². The Morgan fingerprint density at radius 2 is 1.96 bits per heavy atom.